The monoisotopic (exact) mass is 304 g/mol. The van der Waals surface area contributed by atoms with Gasteiger partial charge in [0.2, 0.25) is 0 Å². The SMILES string of the molecule is NC(CC1(CSc2ccc(Cl)c(Cl)c2)CC1)=NO. The lowest BCUT2D eigenvalue weighted by molar-refractivity contribution is 0.315. The highest BCUT2D eigenvalue weighted by Gasteiger charge is 2.43. The molecule has 0 unspecified atom stereocenters. The van der Waals surface area contributed by atoms with Crippen LogP contribution in [0.25, 0.3) is 0 Å². The first-order valence-corrected chi connectivity index (χ1v) is 7.33. The molecule has 0 heterocycles. The normalized spacial score (nSPS) is 17.8. The zero-order valence-corrected chi connectivity index (χ0v) is 12.0. The molecule has 1 saturated carbocycles. The summed E-state index contributed by atoms with van der Waals surface area (Å²) in [6.07, 6.45) is 2.90. The third-order valence-corrected chi connectivity index (χ3v) is 5.16. The van der Waals surface area contributed by atoms with Crippen LogP contribution in [0.3, 0.4) is 0 Å². The van der Waals surface area contributed by atoms with E-state index in [0.29, 0.717) is 22.3 Å². The van der Waals surface area contributed by atoms with E-state index in [1.807, 2.05) is 12.1 Å². The average Bonchev–Trinajstić information content (AvgIpc) is 3.11. The van der Waals surface area contributed by atoms with E-state index in [-0.39, 0.29) is 5.41 Å². The molecule has 3 N–H and O–H groups in total. The van der Waals surface area contributed by atoms with Crippen molar-refractivity contribution in [2.45, 2.75) is 24.2 Å². The number of hydrogen-bond acceptors (Lipinski definition) is 3. The lowest BCUT2D eigenvalue weighted by Crippen LogP contribution is -2.19. The first kappa shape index (κ1) is 13.8. The van der Waals surface area contributed by atoms with Crippen LogP contribution < -0.4 is 5.73 Å². The van der Waals surface area contributed by atoms with Gasteiger partial charge in [0.05, 0.1) is 10.0 Å². The zero-order chi connectivity index (χ0) is 13.2. The maximum Gasteiger partial charge on any atom is 0.139 e. The molecule has 1 aliphatic carbocycles. The number of oxime groups is 1. The van der Waals surface area contributed by atoms with E-state index in [4.69, 9.17) is 34.1 Å². The molecule has 3 nitrogen and oxygen atoms in total. The highest BCUT2D eigenvalue weighted by molar-refractivity contribution is 7.99. The Labute approximate surface area is 120 Å². The molecule has 0 amide bonds. The van der Waals surface area contributed by atoms with Crippen LogP contribution in [-0.4, -0.2) is 16.8 Å². The summed E-state index contributed by atoms with van der Waals surface area (Å²) in [7, 11) is 0. The Bertz CT molecular complexity index is 475. The topological polar surface area (TPSA) is 58.6 Å². The highest BCUT2D eigenvalue weighted by atomic mass is 35.5. The highest BCUT2D eigenvalue weighted by Crippen LogP contribution is 2.52. The summed E-state index contributed by atoms with van der Waals surface area (Å²) in [6.45, 7) is 0. The van der Waals surface area contributed by atoms with Gasteiger partial charge < -0.3 is 10.9 Å². The van der Waals surface area contributed by atoms with Crippen LogP contribution >= 0.6 is 35.0 Å². The van der Waals surface area contributed by atoms with Gasteiger partial charge in [-0.15, -0.1) is 11.8 Å². The van der Waals surface area contributed by atoms with Gasteiger partial charge in [-0.2, -0.15) is 0 Å². The van der Waals surface area contributed by atoms with Crippen molar-refractivity contribution in [2.75, 3.05) is 5.75 Å². The number of hydrogen-bond donors (Lipinski definition) is 2. The molecule has 0 spiro atoms. The molecular weight excluding hydrogens is 291 g/mol. The lowest BCUT2D eigenvalue weighted by atomic mass is 10.1. The van der Waals surface area contributed by atoms with E-state index in [1.54, 1.807) is 17.8 Å². The van der Waals surface area contributed by atoms with E-state index in [2.05, 4.69) is 5.16 Å². The van der Waals surface area contributed by atoms with Gasteiger partial charge in [-0.05, 0) is 36.5 Å². The molecular formula is C12H14Cl2N2OS. The Hall–Kier alpha value is -0.580. The van der Waals surface area contributed by atoms with E-state index in [0.717, 1.165) is 23.5 Å². The number of nitrogens with two attached hydrogens (primary N) is 1. The molecule has 18 heavy (non-hydrogen) atoms. The summed E-state index contributed by atoms with van der Waals surface area (Å²) in [6, 6.07) is 5.63. The molecule has 1 fully saturated rings. The molecule has 1 aromatic rings. The van der Waals surface area contributed by atoms with Crippen LogP contribution in [0.4, 0.5) is 0 Å². The summed E-state index contributed by atoms with van der Waals surface area (Å²) in [5, 5.41) is 12.8. The fourth-order valence-electron chi connectivity index (χ4n) is 1.77. The summed E-state index contributed by atoms with van der Waals surface area (Å²) in [5.41, 5.74) is 5.75. The number of amidine groups is 1. The minimum Gasteiger partial charge on any atom is -0.409 e. The Morgan fingerprint density at radius 2 is 2.11 bits per heavy atom. The van der Waals surface area contributed by atoms with Crippen molar-refractivity contribution in [1.29, 1.82) is 0 Å². The van der Waals surface area contributed by atoms with Gasteiger partial charge >= 0.3 is 0 Å². The second kappa shape index (κ2) is 5.59. The van der Waals surface area contributed by atoms with Crippen molar-refractivity contribution in [2.24, 2.45) is 16.3 Å². The van der Waals surface area contributed by atoms with Gasteiger partial charge in [0.25, 0.3) is 0 Å². The summed E-state index contributed by atoms with van der Waals surface area (Å²) in [5.74, 6) is 1.25. The molecule has 98 valence electrons. The van der Waals surface area contributed by atoms with Gasteiger partial charge in [-0.25, -0.2) is 0 Å². The lowest BCUT2D eigenvalue weighted by Gasteiger charge is -2.13. The van der Waals surface area contributed by atoms with E-state index >= 15 is 0 Å². The van der Waals surface area contributed by atoms with Crippen molar-refractivity contribution < 1.29 is 5.21 Å². The molecule has 0 radical (unpaired) electrons. The van der Waals surface area contributed by atoms with Crippen molar-refractivity contribution >= 4 is 40.8 Å². The van der Waals surface area contributed by atoms with Gasteiger partial charge in [-0.3, -0.25) is 0 Å². The maximum absolute atomic E-state index is 8.60. The van der Waals surface area contributed by atoms with E-state index in [1.165, 1.54) is 0 Å². The average molecular weight is 305 g/mol. The maximum atomic E-state index is 8.60. The Kier molecular flexibility index (Phi) is 4.30. The molecule has 6 heteroatoms. The predicted octanol–water partition coefficient (Wildman–Crippen LogP) is 4.00. The number of halogens is 2. The molecule has 0 aliphatic heterocycles. The second-order valence-electron chi connectivity index (χ2n) is 4.63. The minimum absolute atomic E-state index is 0.188. The van der Waals surface area contributed by atoms with Crippen LogP contribution in [0.15, 0.2) is 28.3 Å². The predicted molar refractivity (Wildman–Crippen MR) is 76.9 cm³/mol. The van der Waals surface area contributed by atoms with Crippen LogP contribution in [0.1, 0.15) is 19.3 Å². The summed E-state index contributed by atoms with van der Waals surface area (Å²) < 4.78 is 0. The standard InChI is InChI=1S/C12H14Cl2N2OS/c13-9-2-1-8(5-10(9)14)18-7-12(3-4-12)6-11(15)16-17/h1-2,5,17H,3-4,6-7H2,(H2,15,16). The van der Waals surface area contributed by atoms with Crippen LogP contribution in [-0.2, 0) is 0 Å². The van der Waals surface area contributed by atoms with Gasteiger partial charge in [0.15, 0.2) is 0 Å². The molecule has 2 rings (SSSR count). The van der Waals surface area contributed by atoms with Crippen LogP contribution in [0.5, 0.6) is 0 Å². The second-order valence-corrected chi connectivity index (χ2v) is 6.50. The van der Waals surface area contributed by atoms with Gasteiger partial charge in [0, 0.05) is 17.1 Å². The first-order valence-electron chi connectivity index (χ1n) is 5.59. The molecule has 1 aromatic carbocycles. The number of nitrogens with zero attached hydrogens (tertiary/aromatic N) is 1. The van der Waals surface area contributed by atoms with E-state index in [9.17, 15) is 0 Å². The smallest absolute Gasteiger partial charge is 0.139 e. The molecule has 0 aromatic heterocycles. The Balaban J connectivity index is 1.93. The van der Waals surface area contributed by atoms with Crippen molar-refractivity contribution in [3.8, 4) is 0 Å². The third-order valence-electron chi connectivity index (χ3n) is 3.08. The Morgan fingerprint density at radius 1 is 1.39 bits per heavy atom. The van der Waals surface area contributed by atoms with Crippen molar-refractivity contribution in [1.82, 2.24) is 0 Å². The fraction of sp³-hybridized carbons (Fsp3) is 0.417. The van der Waals surface area contributed by atoms with Crippen LogP contribution in [0.2, 0.25) is 10.0 Å². The number of thioether (sulfide) groups is 1. The third kappa shape index (κ3) is 3.46. The molecule has 0 saturated heterocycles. The molecule has 1 aliphatic rings. The largest absolute Gasteiger partial charge is 0.409 e. The molecule has 0 atom stereocenters. The zero-order valence-electron chi connectivity index (χ0n) is 9.70. The van der Waals surface area contributed by atoms with Crippen molar-refractivity contribution in [3.63, 3.8) is 0 Å². The van der Waals surface area contributed by atoms with Crippen molar-refractivity contribution in [3.05, 3.63) is 28.2 Å². The molecule has 0 bridgehead atoms. The Morgan fingerprint density at radius 3 is 2.67 bits per heavy atom. The summed E-state index contributed by atoms with van der Waals surface area (Å²) >= 11 is 13.6. The summed E-state index contributed by atoms with van der Waals surface area (Å²) in [4.78, 5) is 1.09. The van der Waals surface area contributed by atoms with Crippen LogP contribution in [0, 0.1) is 5.41 Å². The van der Waals surface area contributed by atoms with E-state index < -0.39 is 0 Å². The quantitative estimate of drug-likeness (QED) is 0.284. The van der Waals surface area contributed by atoms with Gasteiger partial charge in [0.1, 0.15) is 5.84 Å². The fourth-order valence-corrected chi connectivity index (χ4v) is 3.36. The number of rotatable bonds is 5. The first-order chi connectivity index (χ1) is 8.54. The number of benzene rings is 1. The van der Waals surface area contributed by atoms with Gasteiger partial charge in [-0.1, -0.05) is 28.4 Å². The minimum atomic E-state index is 0.188.